The number of hydrogen-bond acceptors (Lipinski definition) is 6. The predicted molar refractivity (Wildman–Crippen MR) is 166 cm³/mol. The SMILES string of the molecule is COc1cc(N2C(=S)N[C@@H](c3ccccn3)[C@@H]2c2cc(C)n(-c3cc(Cl)ccc3OC)c2C)ccc1NS(C)(=O)=O. The molecule has 9 nitrogen and oxygen atoms in total. The van der Waals surface area contributed by atoms with Gasteiger partial charge in [-0.1, -0.05) is 17.7 Å². The zero-order chi connectivity index (χ0) is 29.5. The Kier molecular flexibility index (Phi) is 7.87. The molecule has 3 heterocycles. The fourth-order valence-corrected chi connectivity index (χ4v) is 6.44. The highest BCUT2D eigenvalue weighted by atomic mass is 35.5. The highest BCUT2D eigenvalue weighted by Crippen LogP contribution is 2.45. The molecule has 0 radical (unpaired) electrons. The summed E-state index contributed by atoms with van der Waals surface area (Å²) in [5.41, 5.74) is 5.70. The minimum absolute atomic E-state index is 0.279. The lowest BCUT2D eigenvalue weighted by Crippen LogP contribution is -2.29. The lowest BCUT2D eigenvalue weighted by Gasteiger charge is -2.29. The number of halogens is 1. The fraction of sp³-hybridized carbons (Fsp3) is 0.241. The Balaban J connectivity index is 1.69. The monoisotopic (exact) mass is 611 g/mol. The van der Waals surface area contributed by atoms with Crippen LogP contribution in [0.4, 0.5) is 11.4 Å². The van der Waals surface area contributed by atoms with Gasteiger partial charge in [0.05, 0.1) is 49.6 Å². The first-order chi connectivity index (χ1) is 19.5. The number of methoxy groups -OCH3 is 2. The maximum atomic E-state index is 11.9. The summed E-state index contributed by atoms with van der Waals surface area (Å²) in [6.45, 7) is 4.09. The Morgan fingerprint density at radius 2 is 1.78 bits per heavy atom. The molecule has 1 aliphatic heterocycles. The van der Waals surface area contributed by atoms with Crippen LogP contribution in [0.3, 0.4) is 0 Å². The number of thiocarbonyl (C=S) groups is 1. The number of ether oxygens (including phenoxy) is 2. The van der Waals surface area contributed by atoms with E-state index >= 15 is 0 Å². The van der Waals surface area contributed by atoms with Gasteiger partial charge < -0.3 is 24.3 Å². The average Bonchev–Trinajstić information content (AvgIpc) is 3.43. The van der Waals surface area contributed by atoms with E-state index in [2.05, 4.69) is 32.6 Å². The molecule has 0 bridgehead atoms. The molecule has 1 aliphatic rings. The number of aryl methyl sites for hydroxylation is 1. The second-order valence-electron chi connectivity index (χ2n) is 9.73. The molecule has 41 heavy (non-hydrogen) atoms. The second-order valence-corrected chi connectivity index (χ2v) is 12.3. The number of anilines is 2. The van der Waals surface area contributed by atoms with Gasteiger partial charge in [-0.25, -0.2) is 8.42 Å². The van der Waals surface area contributed by atoms with Gasteiger partial charge in [-0.3, -0.25) is 9.71 Å². The van der Waals surface area contributed by atoms with Gasteiger partial charge in [-0.2, -0.15) is 0 Å². The number of nitrogens with zero attached hydrogens (tertiary/aromatic N) is 3. The van der Waals surface area contributed by atoms with Crippen LogP contribution in [0, 0.1) is 13.8 Å². The van der Waals surface area contributed by atoms with E-state index in [0.717, 1.165) is 40.3 Å². The molecule has 2 aromatic heterocycles. The Morgan fingerprint density at radius 1 is 1.02 bits per heavy atom. The van der Waals surface area contributed by atoms with E-state index in [-0.39, 0.29) is 12.1 Å². The van der Waals surface area contributed by atoms with Crippen molar-refractivity contribution in [2.24, 2.45) is 0 Å². The van der Waals surface area contributed by atoms with Gasteiger partial charge in [-0.15, -0.1) is 0 Å². The fourth-order valence-electron chi connectivity index (χ4n) is 5.36. The number of aromatic nitrogens is 2. The number of hydrogen-bond donors (Lipinski definition) is 2. The Morgan fingerprint density at radius 3 is 2.44 bits per heavy atom. The van der Waals surface area contributed by atoms with E-state index in [0.29, 0.717) is 27.3 Å². The summed E-state index contributed by atoms with van der Waals surface area (Å²) >= 11 is 12.3. The number of pyridine rings is 1. The zero-order valence-corrected chi connectivity index (χ0v) is 25.6. The van der Waals surface area contributed by atoms with Crippen molar-refractivity contribution in [2.45, 2.75) is 25.9 Å². The Hall–Kier alpha value is -3.80. The molecule has 5 rings (SSSR count). The van der Waals surface area contributed by atoms with E-state index < -0.39 is 10.0 Å². The molecular formula is C29H30ClN5O4S2. The van der Waals surface area contributed by atoms with Crippen molar-refractivity contribution in [3.05, 3.63) is 94.5 Å². The van der Waals surface area contributed by atoms with Crippen molar-refractivity contribution >= 4 is 50.3 Å². The van der Waals surface area contributed by atoms with E-state index in [9.17, 15) is 8.42 Å². The number of nitrogens with one attached hydrogen (secondary N) is 2. The van der Waals surface area contributed by atoms with Crippen LogP contribution in [-0.2, 0) is 10.0 Å². The third kappa shape index (κ3) is 5.57. The van der Waals surface area contributed by atoms with Crippen molar-refractivity contribution in [1.82, 2.24) is 14.9 Å². The average molecular weight is 612 g/mol. The molecule has 0 saturated carbocycles. The molecular weight excluding hydrogens is 582 g/mol. The van der Waals surface area contributed by atoms with E-state index in [1.165, 1.54) is 7.11 Å². The van der Waals surface area contributed by atoms with Crippen LogP contribution >= 0.6 is 23.8 Å². The highest BCUT2D eigenvalue weighted by Gasteiger charge is 2.42. The van der Waals surface area contributed by atoms with Crippen molar-refractivity contribution in [1.29, 1.82) is 0 Å². The minimum Gasteiger partial charge on any atom is -0.495 e. The first-order valence-corrected chi connectivity index (χ1v) is 15.4. The van der Waals surface area contributed by atoms with Crippen molar-refractivity contribution < 1.29 is 17.9 Å². The standard InChI is InChI=1S/C29H30ClN5O4S2/c1-17-14-21(18(2)34(17)24-15-19(30)9-12-25(24)38-3)28-27(23-8-6-7-13-31-23)32-29(40)35(28)20-10-11-22(26(16-20)39-4)33-41(5,36)37/h6-16,27-28,33H,1-5H3,(H,32,40)/t27-,28-/m0/s1. The van der Waals surface area contributed by atoms with E-state index in [1.807, 2.05) is 48.2 Å². The molecule has 4 aromatic rings. The summed E-state index contributed by atoms with van der Waals surface area (Å²) in [5, 5.41) is 4.57. The van der Waals surface area contributed by atoms with E-state index in [1.54, 1.807) is 31.5 Å². The lowest BCUT2D eigenvalue weighted by molar-refractivity contribution is 0.412. The smallest absolute Gasteiger partial charge is 0.229 e. The van der Waals surface area contributed by atoms with Gasteiger partial charge >= 0.3 is 0 Å². The van der Waals surface area contributed by atoms with Gasteiger partial charge in [0.1, 0.15) is 11.5 Å². The van der Waals surface area contributed by atoms with Crippen LogP contribution in [0.25, 0.3) is 5.69 Å². The molecule has 2 N–H and O–H groups in total. The van der Waals surface area contributed by atoms with Crippen LogP contribution in [0.2, 0.25) is 5.02 Å². The molecule has 0 spiro atoms. The highest BCUT2D eigenvalue weighted by molar-refractivity contribution is 7.92. The summed E-state index contributed by atoms with van der Waals surface area (Å²) in [4.78, 5) is 6.67. The summed E-state index contributed by atoms with van der Waals surface area (Å²) < 4.78 is 39.7. The Labute approximate surface area is 250 Å². The summed E-state index contributed by atoms with van der Waals surface area (Å²) in [7, 11) is -0.378. The normalized spacial score (nSPS) is 16.9. The molecule has 1 saturated heterocycles. The maximum Gasteiger partial charge on any atom is 0.229 e. The van der Waals surface area contributed by atoms with Crippen LogP contribution in [0.15, 0.2) is 66.9 Å². The van der Waals surface area contributed by atoms with Gasteiger partial charge in [0, 0.05) is 34.4 Å². The quantitative estimate of drug-likeness (QED) is 0.245. The summed E-state index contributed by atoms with van der Waals surface area (Å²) in [5.74, 6) is 1.06. The first kappa shape index (κ1) is 28.7. The molecule has 0 aliphatic carbocycles. The van der Waals surface area contributed by atoms with Gasteiger partial charge in [0.2, 0.25) is 10.0 Å². The third-order valence-electron chi connectivity index (χ3n) is 7.03. The van der Waals surface area contributed by atoms with Gasteiger partial charge in [0.25, 0.3) is 0 Å². The predicted octanol–water partition coefficient (Wildman–Crippen LogP) is 5.71. The third-order valence-corrected chi connectivity index (χ3v) is 8.17. The number of benzene rings is 2. The van der Waals surface area contributed by atoms with Gasteiger partial charge in [-0.05, 0) is 80.2 Å². The first-order valence-electron chi connectivity index (χ1n) is 12.7. The molecule has 0 unspecified atom stereocenters. The molecule has 2 atom stereocenters. The van der Waals surface area contributed by atoms with Crippen LogP contribution in [-0.4, -0.2) is 43.6 Å². The lowest BCUT2D eigenvalue weighted by atomic mass is 9.96. The topological polar surface area (TPSA) is 97.7 Å². The van der Waals surface area contributed by atoms with Crippen molar-refractivity contribution in [2.75, 3.05) is 30.1 Å². The maximum absolute atomic E-state index is 11.9. The van der Waals surface area contributed by atoms with Crippen LogP contribution < -0.4 is 24.4 Å². The van der Waals surface area contributed by atoms with Crippen LogP contribution in [0.1, 0.15) is 34.7 Å². The van der Waals surface area contributed by atoms with Crippen molar-refractivity contribution in [3.8, 4) is 17.2 Å². The van der Waals surface area contributed by atoms with Gasteiger partial charge in [0.15, 0.2) is 5.11 Å². The van der Waals surface area contributed by atoms with Crippen LogP contribution in [0.5, 0.6) is 11.5 Å². The Bertz CT molecular complexity index is 1730. The largest absolute Gasteiger partial charge is 0.495 e. The summed E-state index contributed by atoms with van der Waals surface area (Å²) in [6, 6.07) is 18.1. The zero-order valence-electron chi connectivity index (χ0n) is 23.2. The van der Waals surface area contributed by atoms with Crippen molar-refractivity contribution in [3.63, 3.8) is 0 Å². The minimum atomic E-state index is -3.51. The molecule has 2 aromatic carbocycles. The van der Waals surface area contributed by atoms with E-state index in [4.69, 9.17) is 33.3 Å². The molecule has 214 valence electrons. The summed E-state index contributed by atoms with van der Waals surface area (Å²) in [6.07, 6.45) is 2.85. The molecule has 12 heteroatoms. The molecule has 0 amide bonds. The molecule has 1 fully saturated rings. The number of rotatable bonds is 8. The number of sulfonamides is 1. The second kappa shape index (κ2) is 11.2.